The summed E-state index contributed by atoms with van der Waals surface area (Å²) in [6.07, 6.45) is 3.31. The van der Waals surface area contributed by atoms with Crippen molar-refractivity contribution in [3.63, 3.8) is 0 Å². The molecule has 0 bridgehead atoms. The number of anilines is 1. The summed E-state index contributed by atoms with van der Waals surface area (Å²) in [4.78, 5) is 31.4. The number of benzene rings is 2. The van der Waals surface area contributed by atoms with Crippen molar-refractivity contribution in [2.75, 3.05) is 18.4 Å². The van der Waals surface area contributed by atoms with E-state index < -0.39 is 0 Å². The SMILES string of the molecule is CC(=O)Nc1ccc(-c2cc(C(=O)N3CCCCC3)c3cc(C)ccc3n2)cc1. The predicted octanol–water partition coefficient (Wildman–Crippen LogP) is 4.79. The Bertz CT molecular complexity index is 1070. The van der Waals surface area contributed by atoms with Gasteiger partial charge in [0.15, 0.2) is 0 Å². The molecule has 0 aliphatic carbocycles. The average molecular weight is 387 g/mol. The third-order valence-corrected chi connectivity index (χ3v) is 5.34. The number of hydrogen-bond acceptors (Lipinski definition) is 3. The number of aryl methyl sites for hydroxylation is 1. The maximum Gasteiger partial charge on any atom is 0.254 e. The summed E-state index contributed by atoms with van der Waals surface area (Å²) in [5.41, 5.74) is 5.05. The van der Waals surface area contributed by atoms with Crippen LogP contribution in [0.5, 0.6) is 0 Å². The monoisotopic (exact) mass is 387 g/mol. The van der Waals surface area contributed by atoms with E-state index in [9.17, 15) is 9.59 Å². The van der Waals surface area contributed by atoms with E-state index >= 15 is 0 Å². The second-order valence-corrected chi connectivity index (χ2v) is 7.69. The zero-order valence-electron chi connectivity index (χ0n) is 16.9. The molecule has 148 valence electrons. The van der Waals surface area contributed by atoms with Crippen molar-refractivity contribution in [2.24, 2.45) is 0 Å². The summed E-state index contributed by atoms with van der Waals surface area (Å²) in [5.74, 6) is -0.0230. The smallest absolute Gasteiger partial charge is 0.254 e. The van der Waals surface area contributed by atoms with Gasteiger partial charge in [0.2, 0.25) is 5.91 Å². The van der Waals surface area contributed by atoms with Gasteiger partial charge in [0.1, 0.15) is 0 Å². The fraction of sp³-hybridized carbons (Fsp3) is 0.292. The lowest BCUT2D eigenvalue weighted by Crippen LogP contribution is -2.35. The lowest BCUT2D eigenvalue weighted by Gasteiger charge is -2.27. The molecule has 5 nitrogen and oxygen atoms in total. The number of aromatic nitrogens is 1. The van der Waals surface area contributed by atoms with E-state index in [0.717, 1.165) is 59.3 Å². The molecule has 2 heterocycles. The minimum Gasteiger partial charge on any atom is -0.339 e. The molecule has 2 aromatic carbocycles. The maximum atomic E-state index is 13.3. The van der Waals surface area contributed by atoms with Crippen molar-refractivity contribution in [3.05, 3.63) is 59.7 Å². The number of likely N-dealkylation sites (tertiary alicyclic amines) is 1. The van der Waals surface area contributed by atoms with Gasteiger partial charge in [-0.2, -0.15) is 0 Å². The number of amides is 2. The second-order valence-electron chi connectivity index (χ2n) is 7.69. The highest BCUT2D eigenvalue weighted by molar-refractivity contribution is 6.07. The predicted molar refractivity (Wildman–Crippen MR) is 116 cm³/mol. The van der Waals surface area contributed by atoms with Crippen LogP contribution in [-0.2, 0) is 4.79 Å². The quantitative estimate of drug-likeness (QED) is 0.702. The van der Waals surface area contributed by atoms with Gasteiger partial charge in [0, 0.05) is 36.7 Å². The number of pyridine rings is 1. The summed E-state index contributed by atoms with van der Waals surface area (Å²) in [6.45, 7) is 5.15. The Hall–Kier alpha value is -3.21. The van der Waals surface area contributed by atoms with Crippen molar-refractivity contribution < 1.29 is 9.59 Å². The normalized spacial score (nSPS) is 14.1. The lowest BCUT2D eigenvalue weighted by molar-refractivity contribution is -0.114. The molecule has 0 radical (unpaired) electrons. The number of piperidine rings is 1. The van der Waals surface area contributed by atoms with Crippen LogP contribution in [-0.4, -0.2) is 34.8 Å². The molecule has 4 rings (SSSR count). The Kier molecular flexibility index (Phi) is 5.30. The first kappa shape index (κ1) is 19.1. The second kappa shape index (κ2) is 8.03. The van der Waals surface area contributed by atoms with Crippen LogP contribution in [0.4, 0.5) is 5.69 Å². The van der Waals surface area contributed by atoms with Crippen molar-refractivity contribution in [1.29, 1.82) is 0 Å². The molecule has 1 aliphatic rings. The van der Waals surface area contributed by atoms with Crippen molar-refractivity contribution >= 4 is 28.4 Å². The molecule has 0 saturated carbocycles. The number of rotatable bonds is 3. The highest BCUT2D eigenvalue weighted by atomic mass is 16.2. The Morgan fingerprint density at radius 3 is 2.38 bits per heavy atom. The number of nitrogens with zero attached hydrogens (tertiary/aromatic N) is 2. The van der Waals surface area contributed by atoms with E-state index in [1.807, 2.05) is 60.4 Å². The van der Waals surface area contributed by atoms with Crippen molar-refractivity contribution in [1.82, 2.24) is 9.88 Å². The third kappa shape index (κ3) is 4.14. The number of hydrogen-bond donors (Lipinski definition) is 1. The molecule has 5 heteroatoms. The minimum absolute atomic E-state index is 0.0822. The van der Waals surface area contributed by atoms with Gasteiger partial charge in [-0.3, -0.25) is 9.59 Å². The summed E-state index contributed by atoms with van der Waals surface area (Å²) < 4.78 is 0. The third-order valence-electron chi connectivity index (χ3n) is 5.34. The molecule has 1 N–H and O–H groups in total. The average Bonchev–Trinajstić information content (AvgIpc) is 2.73. The Morgan fingerprint density at radius 2 is 1.69 bits per heavy atom. The highest BCUT2D eigenvalue weighted by Gasteiger charge is 2.21. The van der Waals surface area contributed by atoms with E-state index in [1.165, 1.54) is 13.3 Å². The molecule has 1 saturated heterocycles. The molecule has 1 aliphatic heterocycles. The first-order valence-corrected chi connectivity index (χ1v) is 10.1. The molecule has 3 aromatic rings. The van der Waals surface area contributed by atoms with Gasteiger partial charge in [-0.1, -0.05) is 23.8 Å². The molecule has 1 fully saturated rings. The molecule has 2 amide bonds. The summed E-state index contributed by atoms with van der Waals surface area (Å²) >= 11 is 0. The molecular formula is C24H25N3O2. The van der Waals surface area contributed by atoms with Gasteiger partial charge >= 0.3 is 0 Å². The maximum absolute atomic E-state index is 13.3. The highest BCUT2D eigenvalue weighted by Crippen LogP contribution is 2.28. The van der Waals surface area contributed by atoms with E-state index in [4.69, 9.17) is 4.98 Å². The van der Waals surface area contributed by atoms with Crippen molar-refractivity contribution in [2.45, 2.75) is 33.1 Å². The van der Waals surface area contributed by atoms with Gasteiger partial charge < -0.3 is 10.2 Å². The lowest BCUT2D eigenvalue weighted by atomic mass is 10.0. The van der Waals surface area contributed by atoms with Gasteiger partial charge in [-0.15, -0.1) is 0 Å². The number of carbonyl (C=O) groups is 2. The fourth-order valence-corrected chi connectivity index (χ4v) is 3.86. The first-order valence-electron chi connectivity index (χ1n) is 10.1. The zero-order valence-corrected chi connectivity index (χ0v) is 16.9. The van der Waals surface area contributed by atoms with E-state index in [-0.39, 0.29) is 11.8 Å². The standard InChI is InChI=1S/C24H25N3O2/c1-16-6-11-22-20(14-16)21(24(29)27-12-4-3-5-13-27)15-23(26-22)18-7-9-19(10-8-18)25-17(2)28/h6-11,14-15H,3-5,12-13H2,1-2H3,(H,25,28). The van der Waals surface area contributed by atoms with Crippen LogP contribution in [0, 0.1) is 6.92 Å². The van der Waals surface area contributed by atoms with Crippen LogP contribution in [0.15, 0.2) is 48.5 Å². The zero-order chi connectivity index (χ0) is 20.4. The topological polar surface area (TPSA) is 62.3 Å². The Labute approximate surface area is 170 Å². The van der Waals surface area contributed by atoms with E-state index in [0.29, 0.717) is 5.56 Å². The van der Waals surface area contributed by atoms with E-state index in [2.05, 4.69) is 5.32 Å². The Morgan fingerprint density at radius 1 is 0.966 bits per heavy atom. The number of nitrogens with one attached hydrogen (secondary N) is 1. The molecule has 0 unspecified atom stereocenters. The van der Waals surface area contributed by atoms with Crippen molar-refractivity contribution in [3.8, 4) is 11.3 Å². The van der Waals surface area contributed by atoms with Crippen LogP contribution in [0.2, 0.25) is 0 Å². The van der Waals surface area contributed by atoms with E-state index in [1.54, 1.807) is 0 Å². The molecule has 0 spiro atoms. The van der Waals surface area contributed by atoms with Gasteiger partial charge in [0.05, 0.1) is 16.8 Å². The molecule has 0 atom stereocenters. The van der Waals surface area contributed by atoms with Crippen LogP contribution < -0.4 is 5.32 Å². The minimum atomic E-state index is -0.105. The molecule has 29 heavy (non-hydrogen) atoms. The van der Waals surface area contributed by atoms with Gasteiger partial charge in [-0.25, -0.2) is 4.98 Å². The van der Waals surface area contributed by atoms with Gasteiger partial charge in [0.25, 0.3) is 5.91 Å². The Balaban J connectivity index is 1.78. The molecule has 1 aromatic heterocycles. The number of fused-ring (bicyclic) bond motifs is 1. The molecular weight excluding hydrogens is 362 g/mol. The largest absolute Gasteiger partial charge is 0.339 e. The van der Waals surface area contributed by atoms with Crippen LogP contribution >= 0.6 is 0 Å². The van der Waals surface area contributed by atoms with Gasteiger partial charge in [-0.05, 0) is 56.5 Å². The first-order chi connectivity index (χ1) is 14.0. The summed E-state index contributed by atoms with van der Waals surface area (Å²) in [6, 6.07) is 15.5. The summed E-state index contributed by atoms with van der Waals surface area (Å²) in [5, 5.41) is 3.67. The van der Waals surface area contributed by atoms with Crippen LogP contribution in [0.1, 0.15) is 42.1 Å². The van der Waals surface area contributed by atoms with Crippen LogP contribution in [0.3, 0.4) is 0 Å². The summed E-state index contributed by atoms with van der Waals surface area (Å²) in [7, 11) is 0. The number of carbonyl (C=O) groups excluding carboxylic acids is 2. The fourth-order valence-electron chi connectivity index (χ4n) is 3.86. The van der Waals surface area contributed by atoms with Crippen LogP contribution in [0.25, 0.3) is 22.2 Å².